The lowest BCUT2D eigenvalue weighted by Gasteiger charge is -2.16. The van der Waals surface area contributed by atoms with Crippen molar-refractivity contribution in [1.29, 1.82) is 0 Å². The smallest absolute Gasteiger partial charge is 0.224 e. The molecule has 1 heterocycles. The second-order valence-electron chi connectivity index (χ2n) is 4.86. The van der Waals surface area contributed by atoms with E-state index in [0.717, 1.165) is 25.1 Å². The van der Waals surface area contributed by atoms with Gasteiger partial charge in [-0.2, -0.15) is 0 Å². The summed E-state index contributed by atoms with van der Waals surface area (Å²) >= 11 is 12.0. The van der Waals surface area contributed by atoms with E-state index in [0.29, 0.717) is 23.0 Å². The fourth-order valence-corrected chi connectivity index (χ4v) is 2.79. The first-order valence-electron chi connectivity index (χ1n) is 6.55. The molecule has 1 amide bonds. The minimum atomic E-state index is 0.214. The maximum Gasteiger partial charge on any atom is 0.224 e. The zero-order valence-electron chi connectivity index (χ0n) is 11.0. The van der Waals surface area contributed by atoms with Crippen LogP contribution in [-0.2, 0) is 11.3 Å². The molecule has 2 rings (SSSR count). The molecule has 1 atom stereocenters. The van der Waals surface area contributed by atoms with E-state index in [1.165, 1.54) is 0 Å². The van der Waals surface area contributed by atoms with Crippen LogP contribution in [0, 0.1) is 0 Å². The van der Waals surface area contributed by atoms with Crippen molar-refractivity contribution >= 4 is 29.1 Å². The van der Waals surface area contributed by atoms with E-state index in [-0.39, 0.29) is 11.9 Å². The van der Waals surface area contributed by atoms with E-state index >= 15 is 0 Å². The number of benzene rings is 1. The average molecular weight is 301 g/mol. The van der Waals surface area contributed by atoms with Crippen LogP contribution in [0.2, 0.25) is 10.0 Å². The molecule has 0 bridgehead atoms. The molecule has 0 radical (unpaired) electrons. The molecule has 1 aromatic rings. The van der Waals surface area contributed by atoms with Crippen LogP contribution in [0.4, 0.5) is 0 Å². The third-order valence-corrected chi connectivity index (χ3v) is 3.89. The van der Waals surface area contributed by atoms with Crippen LogP contribution in [0.3, 0.4) is 0 Å². The number of hydrogen-bond donors (Lipinski definition) is 1. The largest absolute Gasteiger partial charge is 0.341 e. The summed E-state index contributed by atoms with van der Waals surface area (Å²) in [6, 6.07) is 5.70. The Morgan fingerprint density at radius 2 is 2.21 bits per heavy atom. The predicted octanol–water partition coefficient (Wildman–Crippen LogP) is 3.09. The van der Waals surface area contributed by atoms with Gasteiger partial charge >= 0.3 is 0 Å². The van der Waals surface area contributed by atoms with E-state index in [4.69, 9.17) is 23.2 Å². The second-order valence-corrected chi connectivity index (χ2v) is 5.70. The molecule has 5 heteroatoms. The summed E-state index contributed by atoms with van der Waals surface area (Å²) in [5, 5.41) is 4.69. The van der Waals surface area contributed by atoms with Crippen LogP contribution in [0.5, 0.6) is 0 Å². The molecule has 1 unspecified atom stereocenters. The summed E-state index contributed by atoms with van der Waals surface area (Å²) in [6.45, 7) is 4.38. The van der Waals surface area contributed by atoms with Gasteiger partial charge < -0.3 is 10.2 Å². The van der Waals surface area contributed by atoms with Crippen molar-refractivity contribution in [1.82, 2.24) is 10.2 Å². The maximum atomic E-state index is 11.7. The summed E-state index contributed by atoms with van der Waals surface area (Å²) < 4.78 is 0. The zero-order chi connectivity index (χ0) is 13.8. The van der Waals surface area contributed by atoms with E-state index in [1.807, 2.05) is 17.0 Å². The van der Waals surface area contributed by atoms with Crippen LogP contribution < -0.4 is 5.32 Å². The maximum absolute atomic E-state index is 11.7. The van der Waals surface area contributed by atoms with Gasteiger partial charge in [0.25, 0.3) is 0 Å². The van der Waals surface area contributed by atoms with Gasteiger partial charge in [0.05, 0.1) is 0 Å². The third-order valence-electron chi connectivity index (χ3n) is 3.30. The number of nitrogens with zero attached hydrogens (tertiary/aromatic N) is 1. The lowest BCUT2D eigenvalue weighted by molar-refractivity contribution is -0.127. The summed E-state index contributed by atoms with van der Waals surface area (Å²) in [5.41, 5.74) is 1.01. The lowest BCUT2D eigenvalue weighted by atomic mass is 10.2. The molecule has 1 aliphatic rings. The molecule has 1 aliphatic heterocycles. The van der Waals surface area contributed by atoms with Gasteiger partial charge in [-0.25, -0.2) is 0 Å². The van der Waals surface area contributed by atoms with Crippen molar-refractivity contribution in [2.45, 2.75) is 32.4 Å². The number of hydrogen-bond acceptors (Lipinski definition) is 2. The van der Waals surface area contributed by atoms with Crippen LogP contribution in [-0.4, -0.2) is 29.9 Å². The van der Waals surface area contributed by atoms with E-state index < -0.39 is 0 Å². The van der Waals surface area contributed by atoms with Crippen molar-refractivity contribution in [3.63, 3.8) is 0 Å². The number of halogens is 2. The van der Waals surface area contributed by atoms with Gasteiger partial charge in [0, 0.05) is 42.1 Å². The Bertz CT molecular complexity index is 465. The van der Waals surface area contributed by atoms with Gasteiger partial charge in [0.15, 0.2) is 0 Å². The van der Waals surface area contributed by atoms with Gasteiger partial charge in [0.2, 0.25) is 5.91 Å². The van der Waals surface area contributed by atoms with Crippen molar-refractivity contribution < 1.29 is 4.79 Å². The van der Waals surface area contributed by atoms with E-state index in [1.54, 1.807) is 6.07 Å². The van der Waals surface area contributed by atoms with Crippen molar-refractivity contribution in [3.8, 4) is 0 Å². The van der Waals surface area contributed by atoms with Gasteiger partial charge in [-0.1, -0.05) is 36.2 Å². The Morgan fingerprint density at radius 1 is 1.42 bits per heavy atom. The Balaban J connectivity index is 1.88. The van der Waals surface area contributed by atoms with Crippen molar-refractivity contribution in [2.75, 3.05) is 13.1 Å². The lowest BCUT2D eigenvalue weighted by Crippen LogP contribution is -2.32. The normalized spacial score (nSPS) is 19.2. The molecule has 104 valence electrons. The first kappa shape index (κ1) is 14.6. The first-order valence-corrected chi connectivity index (χ1v) is 7.31. The highest BCUT2D eigenvalue weighted by Gasteiger charge is 2.28. The Morgan fingerprint density at radius 3 is 2.89 bits per heavy atom. The number of carbonyl (C=O) groups is 1. The molecule has 1 saturated heterocycles. The fraction of sp³-hybridized carbons (Fsp3) is 0.500. The van der Waals surface area contributed by atoms with Crippen molar-refractivity contribution in [3.05, 3.63) is 33.8 Å². The predicted molar refractivity (Wildman–Crippen MR) is 78.6 cm³/mol. The number of nitrogens with one attached hydrogen (secondary N) is 1. The minimum Gasteiger partial charge on any atom is -0.341 e. The molecule has 3 nitrogen and oxygen atoms in total. The van der Waals surface area contributed by atoms with Gasteiger partial charge in [-0.3, -0.25) is 4.79 Å². The summed E-state index contributed by atoms with van der Waals surface area (Å²) in [5.74, 6) is 0.238. The molecule has 0 aliphatic carbocycles. The minimum absolute atomic E-state index is 0.214. The molecule has 0 saturated carbocycles. The highest BCUT2D eigenvalue weighted by molar-refractivity contribution is 6.35. The monoisotopic (exact) mass is 300 g/mol. The molecule has 1 fully saturated rings. The molecule has 19 heavy (non-hydrogen) atoms. The second kappa shape index (κ2) is 6.60. The van der Waals surface area contributed by atoms with Crippen LogP contribution in [0.15, 0.2) is 18.2 Å². The van der Waals surface area contributed by atoms with Crippen LogP contribution in [0.1, 0.15) is 25.3 Å². The number of rotatable bonds is 5. The van der Waals surface area contributed by atoms with Gasteiger partial charge in [-0.15, -0.1) is 0 Å². The number of carbonyl (C=O) groups excluding carboxylic acids is 1. The Kier molecular flexibility index (Phi) is 5.08. The topological polar surface area (TPSA) is 32.3 Å². The molecular formula is C14H18Cl2N2O. The van der Waals surface area contributed by atoms with Crippen molar-refractivity contribution in [2.24, 2.45) is 0 Å². The average Bonchev–Trinajstić information content (AvgIpc) is 2.70. The first-order chi connectivity index (χ1) is 9.10. The van der Waals surface area contributed by atoms with Gasteiger partial charge in [0.1, 0.15) is 0 Å². The zero-order valence-corrected chi connectivity index (χ0v) is 12.5. The Hall–Kier alpha value is -0.770. The quantitative estimate of drug-likeness (QED) is 0.906. The highest BCUT2D eigenvalue weighted by Crippen LogP contribution is 2.21. The number of likely N-dealkylation sites (tertiary alicyclic amines) is 1. The van der Waals surface area contributed by atoms with Crippen LogP contribution in [0.25, 0.3) is 0 Å². The molecule has 0 spiro atoms. The SMILES string of the molecule is CCCN1CC(NCc2ccc(Cl)cc2Cl)CC1=O. The standard InChI is InChI=1S/C14H18Cl2N2O/c1-2-5-18-9-12(7-14(18)19)17-8-10-3-4-11(15)6-13(10)16/h3-4,6,12,17H,2,5,7-9H2,1H3. The summed E-state index contributed by atoms with van der Waals surface area (Å²) in [7, 11) is 0. The number of amides is 1. The van der Waals surface area contributed by atoms with Gasteiger partial charge in [-0.05, 0) is 24.1 Å². The molecule has 1 N–H and O–H groups in total. The van der Waals surface area contributed by atoms with E-state index in [9.17, 15) is 4.79 Å². The summed E-state index contributed by atoms with van der Waals surface area (Å²) in [4.78, 5) is 13.7. The molecular weight excluding hydrogens is 283 g/mol. The molecule has 1 aromatic carbocycles. The summed E-state index contributed by atoms with van der Waals surface area (Å²) in [6.07, 6.45) is 1.58. The van der Waals surface area contributed by atoms with E-state index in [2.05, 4.69) is 12.2 Å². The third kappa shape index (κ3) is 3.85. The highest BCUT2D eigenvalue weighted by atomic mass is 35.5. The Labute approximate surface area is 123 Å². The van der Waals surface area contributed by atoms with Crippen LogP contribution >= 0.6 is 23.2 Å². The fourth-order valence-electron chi connectivity index (χ4n) is 2.31. The molecule has 0 aromatic heterocycles.